The third kappa shape index (κ3) is 2.31. The summed E-state index contributed by atoms with van der Waals surface area (Å²) in [6, 6.07) is 0. The summed E-state index contributed by atoms with van der Waals surface area (Å²) in [6.07, 6.45) is 4.18. The predicted octanol–water partition coefficient (Wildman–Crippen LogP) is 1.89. The van der Waals surface area contributed by atoms with Crippen LogP contribution in [-0.4, -0.2) is 15.7 Å². The summed E-state index contributed by atoms with van der Waals surface area (Å²) in [4.78, 5) is 7.27. The Morgan fingerprint density at radius 2 is 2.55 bits per heavy atom. The number of rotatable bonds is 3. The fourth-order valence-electron chi connectivity index (χ4n) is 0.546. The molecule has 0 aliphatic rings. The van der Waals surface area contributed by atoms with Crippen LogP contribution in [0.3, 0.4) is 0 Å². The Morgan fingerprint density at radius 3 is 3.18 bits per heavy atom. The van der Waals surface area contributed by atoms with Crippen molar-refractivity contribution < 1.29 is 4.39 Å². The van der Waals surface area contributed by atoms with E-state index < -0.39 is 0 Å². The van der Waals surface area contributed by atoms with Crippen LogP contribution >= 0.6 is 11.8 Å². The molecule has 58 valence electrons. The first-order valence-corrected chi connectivity index (χ1v) is 4.02. The molecule has 1 heterocycles. The summed E-state index contributed by atoms with van der Waals surface area (Å²) in [5.74, 6) is 0.285. The quantitative estimate of drug-likeness (QED) is 0.393. The van der Waals surface area contributed by atoms with Gasteiger partial charge in [-0.25, -0.2) is 14.4 Å². The van der Waals surface area contributed by atoms with Crippen molar-refractivity contribution in [1.82, 2.24) is 9.97 Å². The highest BCUT2D eigenvalue weighted by atomic mass is 32.2. The van der Waals surface area contributed by atoms with Crippen molar-refractivity contribution in [2.75, 3.05) is 5.75 Å². The van der Waals surface area contributed by atoms with Crippen LogP contribution in [0.1, 0.15) is 0 Å². The molecule has 1 aromatic rings. The third-order valence-corrected chi connectivity index (χ3v) is 1.95. The van der Waals surface area contributed by atoms with Crippen LogP contribution in [0.5, 0.6) is 0 Å². The van der Waals surface area contributed by atoms with Gasteiger partial charge in [0.05, 0.1) is 6.20 Å². The highest BCUT2D eigenvalue weighted by molar-refractivity contribution is 7.99. The van der Waals surface area contributed by atoms with Gasteiger partial charge < -0.3 is 0 Å². The number of hydrogen-bond donors (Lipinski definition) is 0. The summed E-state index contributed by atoms with van der Waals surface area (Å²) in [5.41, 5.74) is 0. The zero-order chi connectivity index (χ0) is 8.10. The molecule has 0 unspecified atom stereocenters. The maximum Gasteiger partial charge on any atom is 0.173 e. The molecule has 0 aliphatic heterocycles. The van der Waals surface area contributed by atoms with E-state index in [4.69, 9.17) is 0 Å². The largest absolute Gasteiger partial charge is 0.242 e. The standard InChI is InChI=1S/C7H7FN2S/c1-2-3-11-7-6(8)4-9-5-10-7/h2,4-5H,1,3H2. The Balaban J connectivity index is 2.69. The van der Waals surface area contributed by atoms with Gasteiger partial charge in [-0.15, -0.1) is 6.58 Å². The molecule has 0 saturated carbocycles. The predicted molar refractivity (Wildman–Crippen MR) is 42.9 cm³/mol. The molecule has 1 aromatic heterocycles. The van der Waals surface area contributed by atoms with Crippen molar-refractivity contribution in [2.24, 2.45) is 0 Å². The lowest BCUT2D eigenvalue weighted by Gasteiger charge is -1.96. The average Bonchev–Trinajstić information content (AvgIpc) is 2.03. The van der Waals surface area contributed by atoms with Crippen molar-refractivity contribution in [3.63, 3.8) is 0 Å². The molecule has 0 atom stereocenters. The van der Waals surface area contributed by atoms with E-state index >= 15 is 0 Å². The van der Waals surface area contributed by atoms with E-state index in [9.17, 15) is 4.39 Å². The molecule has 0 aliphatic carbocycles. The van der Waals surface area contributed by atoms with Gasteiger partial charge in [0.2, 0.25) is 0 Å². The van der Waals surface area contributed by atoms with Gasteiger partial charge >= 0.3 is 0 Å². The second-order valence-corrected chi connectivity index (χ2v) is 2.78. The smallest absolute Gasteiger partial charge is 0.173 e. The number of aromatic nitrogens is 2. The first-order chi connectivity index (χ1) is 5.34. The minimum atomic E-state index is -0.376. The molecule has 0 bridgehead atoms. The van der Waals surface area contributed by atoms with Crippen LogP contribution in [0, 0.1) is 5.82 Å². The average molecular weight is 170 g/mol. The van der Waals surface area contributed by atoms with E-state index in [-0.39, 0.29) is 5.82 Å². The van der Waals surface area contributed by atoms with Gasteiger partial charge in [-0.1, -0.05) is 17.8 Å². The highest BCUT2D eigenvalue weighted by Crippen LogP contribution is 2.16. The molecule has 2 nitrogen and oxygen atoms in total. The van der Waals surface area contributed by atoms with E-state index in [0.717, 1.165) is 6.20 Å². The van der Waals surface area contributed by atoms with Crippen LogP contribution in [0.4, 0.5) is 4.39 Å². The Bertz CT molecular complexity index is 252. The van der Waals surface area contributed by atoms with Gasteiger partial charge in [0.15, 0.2) is 5.82 Å². The molecule has 0 saturated heterocycles. The Morgan fingerprint density at radius 1 is 1.73 bits per heavy atom. The van der Waals surface area contributed by atoms with Crippen LogP contribution in [0.15, 0.2) is 30.2 Å². The lowest BCUT2D eigenvalue weighted by atomic mass is 10.6. The normalized spacial score (nSPS) is 9.55. The fourth-order valence-corrected chi connectivity index (χ4v) is 1.13. The van der Waals surface area contributed by atoms with Gasteiger partial charge in [0.25, 0.3) is 0 Å². The molecule has 0 fully saturated rings. The number of thioether (sulfide) groups is 1. The molecule has 0 radical (unpaired) electrons. The summed E-state index contributed by atoms with van der Waals surface area (Å²) in [7, 11) is 0. The van der Waals surface area contributed by atoms with Crippen molar-refractivity contribution >= 4 is 11.8 Å². The van der Waals surface area contributed by atoms with Crippen molar-refractivity contribution in [3.05, 3.63) is 31.0 Å². The second kappa shape index (κ2) is 4.08. The summed E-state index contributed by atoms with van der Waals surface area (Å²) in [6.45, 7) is 3.52. The molecule has 0 aromatic carbocycles. The number of hydrogen-bond acceptors (Lipinski definition) is 3. The minimum absolute atomic E-state index is 0.375. The monoisotopic (exact) mass is 170 g/mol. The van der Waals surface area contributed by atoms with Gasteiger partial charge in [0.1, 0.15) is 11.4 Å². The van der Waals surface area contributed by atoms with Gasteiger partial charge in [-0.05, 0) is 0 Å². The summed E-state index contributed by atoms with van der Waals surface area (Å²) >= 11 is 1.30. The Labute approximate surface area is 68.6 Å². The summed E-state index contributed by atoms with van der Waals surface area (Å²) in [5, 5.41) is 0.375. The van der Waals surface area contributed by atoms with Gasteiger partial charge in [0, 0.05) is 5.75 Å². The number of halogens is 1. The van der Waals surface area contributed by atoms with Crippen molar-refractivity contribution in [2.45, 2.75) is 5.03 Å². The Hall–Kier alpha value is -0.900. The van der Waals surface area contributed by atoms with Gasteiger partial charge in [-0.3, -0.25) is 0 Å². The van der Waals surface area contributed by atoms with E-state index in [1.807, 2.05) is 0 Å². The van der Waals surface area contributed by atoms with E-state index in [0.29, 0.717) is 10.8 Å². The molecule has 0 amide bonds. The zero-order valence-corrected chi connectivity index (χ0v) is 6.64. The van der Waals surface area contributed by atoms with E-state index in [2.05, 4.69) is 16.5 Å². The van der Waals surface area contributed by atoms with Crippen LogP contribution in [0.25, 0.3) is 0 Å². The second-order valence-electron chi connectivity index (χ2n) is 1.78. The summed E-state index contributed by atoms with van der Waals surface area (Å²) < 4.78 is 12.7. The number of nitrogens with zero attached hydrogens (tertiary/aromatic N) is 2. The molecular formula is C7H7FN2S. The third-order valence-electron chi connectivity index (χ3n) is 0.972. The lowest BCUT2D eigenvalue weighted by Crippen LogP contribution is -1.87. The first kappa shape index (κ1) is 8.20. The minimum Gasteiger partial charge on any atom is -0.242 e. The lowest BCUT2D eigenvalue weighted by molar-refractivity contribution is 0.579. The van der Waals surface area contributed by atoms with Crippen molar-refractivity contribution in [1.29, 1.82) is 0 Å². The SMILES string of the molecule is C=CCSc1ncncc1F. The maximum absolute atomic E-state index is 12.7. The zero-order valence-electron chi connectivity index (χ0n) is 5.83. The first-order valence-electron chi connectivity index (χ1n) is 3.04. The van der Waals surface area contributed by atoms with Crippen LogP contribution in [0.2, 0.25) is 0 Å². The van der Waals surface area contributed by atoms with E-state index in [1.165, 1.54) is 18.1 Å². The molecule has 0 spiro atoms. The highest BCUT2D eigenvalue weighted by Gasteiger charge is 2.00. The molecule has 4 heteroatoms. The van der Waals surface area contributed by atoms with Crippen molar-refractivity contribution in [3.8, 4) is 0 Å². The Kier molecular flexibility index (Phi) is 3.04. The van der Waals surface area contributed by atoms with Crippen LogP contribution < -0.4 is 0 Å². The maximum atomic E-state index is 12.7. The van der Waals surface area contributed by atoms with E-state index in [1.54, 1.807) is 6.08 Å². The van der Waals surface area contributed by atoms with Crippen LogP contribution in [-0.2, 0) is 0 Å². The fraction of sp³-hybridized carbons (Fsp3) is 0.143. The molecule has 11 heavy (non-hydrogen) atoms. The molecular weight excluding hydrogens is 163 g/mol. The topological polar surface area (TPSA) is 25.8 Å². The molecule has 0 N–H and O–H groups in total. The van der Waals surface area contributed by atoms with Gasteiger partial charge in [-0.2, -0.15) is 0 Å². The molecule has 1 rings (SSSR count).